The molecule has 1 amide bonds. The summed E-state index contributed by atoms with van der Waals surface area (Å²) in [5.41, 5.74) is 2.84. The first-order valence-electron chi connectivity index (χ1n) is 4.23. The standard InChI is InChI=1S/C9H10N2O2/c12-9(13)11-7-4-6-2-1-3-8(6)10-5-7/h4-5,11H,1-3H2,(H,12,13). The number of amides is 1. The molecular weight excluding hydrogens is 168 g/mol. The monoisotopic (exact) mass is 178 g/mol. The molecule has 1 aromatic heterocycles. The van der Waals surface area contributed by atoms with Crippen molar-refractivity contribution in [2.75, 3.05) is 5.32 Å². The highest BCUT2D eigenvalue weighted by Gasteiger charge is 2.12. The predicted molar refractivity (Wildman–Crippen MR) is 47.9 cm³/mol. The van der Waals surface area contributed by atoms with Crippen molar-refractivity contribution in [3.8, 4) is 0 Å². The van der Waals surface area contributed by atoms with Gasteiger partial charge in [-0.1, -0.05) is 0 Å². The number of hydrogen-bond acceptors (Lipinski definition) is 2. The van der Waals surface area contributed by atoms with Crippen molar-refractivity contribution in [1.82, 2.24) is 4.98 Å². The Kier molecular flexibility index (Phi) is 1.88. The van der Waals surface area contributed by atoms with E-state index in [2.05, 4.69) is 10.3 Å². The molecule has 0 saturated carbocycles. The van der Waals surface area contributed by atoms with E-state index in [9.17, 15) is 4.79 Å². The van der Waals surface area contributed by atoms with Gasteiger partial charge in [0.1, 0.15) is 0 Å². The van der Waals surface area contributed by atoms with E-state index in [0.717, 1.165) is 25.0 Å². The summed E-state index contributed by atoms with van der Waals surface area (Å²) in [4.78, 5) is 14.5. The first kappa shape index (κ1) is 8.04. The molecule has 1 aromatic rings. The Labute approximate surface area is 75.6 Å². The summed E-state index contributed by atoms with van der Waals surface area (Å²) in [6.45, 7) is 0. The lowest BCUT2D eigenvalue weighted by molar-refractivity contribution is 0.209. The van der Waals surface area contributed by atoms with Crippen LogP contribution < -0.4 is 5.32 Å². The Morgan fingerprint density at radius 3 is 3.15 bits per heavy atom. The highest BCUT2D eigenvalue weighted by Crippen LogP contribution is 2.22. The fraction of sp³-hybridized carbons (Fsp3) is 0.333. The van der Waals surface area contributed by atoms with E-state index in [0.29, 0.717) is 5.69 Å². The third-order valence-electron chi connectivity index (χ3n) is 2.17. The molecule has 1 aliphatic carbocycles. The maximum absolute atomic E-state index is 10.3. The minimum Gasteiger partial charge on any atom is -0.465 e. The van der Waals surface area contributed by atoms with E-state index < -0.39 is 6.09 Å². The van der Waals surface area contributed by atoms with Crippen LogP contribution in [0.2, 0.25) is 0 Å². The van der Waals surface area contributed by atoms with E-state index in [1.54, 1.807) is 6.20 Å². The number of nitrogens with one attached hydrogen (secondary N) is 1. The van der Waals surface area contributed by atoms with Gasteiger partial charge < -0.3 is 5.11 Å². The fourth-order valence-corrected chi connectivity index (χ4v) is 1.62. The molecule has 4 nitrogen and oxygen atoms in total. The van der Waals surface area contributed by atoms with Crippen LogP contribution in [-0.4, -0.2) is 16.2 Å². The maximum atomic E-state index is 10.3. The van der Waals surface area contributed by atoms with E-state index in [4.69, 9.17) is 5.11 Å². The van der Waals surface area contributed by atoms with Crippen LogP contribution in [0.1, 0.15) is 17.7 Å². The van der Waals surface area contributed by atoms with Gasteiger partial charge in [0.15, 0.2) is 0 Å². The van der Waals surface area contributed by atoms with E-state index in [1.807, 2.05) is 6.07 Å². The number of rotatable bonds is 1. The van der Waals surface area contributed by atoms with Gasteiger partial charge in [0, 0.05) is 5.69 Å². The Bertz CT molecular complexity index is 349. The summed E-state index contributed by atoms with van der Waals surface area (Å²) < 4.78 is 0. The highest BCUT2D eigenvalue weighted by atomic mass is 16.4. The molecule has 2 N–H and O–H groups in total. The van der Waals surface area contributed by atoms with Crippen molar-refractivity contribution in [1.29, 1.82) is 0 Å². The van der Waals surface area contributed by atoms with E-state index in [1.165, 1.54) is 5.56 Å². The summed E-state index contributed by atoms with van der Waals surface area (Å²) in [6.07, 6.45) is 3.68. The molecule has 0 bridgehead atoms. The Morgan fingerprint density at radius 2 is 2.38 bits per heavy atom. The number of aryl methyl sites for hydroxylation is 2. The number of carbonyl (C=O) groups is 1. The molecule has 0 unspecified atom stereocenters. The smallest absolute Gasteiger partial charge is 0.409 e. The van der Waals surface area contributed by atoms with Crippen LogP contribution in [0.15, 0.2) is 12.3 Å². The number of fused-ring (bicyclic) bond motifs is 1. The fourth-order valence-electron chi connectivity index (χ4n) is 1.62. The molecule has 2 rings (SSSR count). The second-order valence-corrected chi connectivity index (χ2v) is 3.11. The van der Waals surface area contributed by atoms with Crippen molar-refractivity contribution in [3.05, 3.63) is 23.5 Å². The SMILES string of the molecule is O=C(O)Nc1cnc2c(c1)CCC2. The van der Waals surface area contributed by atoms with Crippen molar-refractivity contribution < 1.29 is 9.90 Å². The quantitative estimate of drug-likeness (QED) is 0.687. The summed E-state index contributed by atoms with van der Waals surface area (Å²) in [6, 6.07) is 1.86. The average Bonchev–Trinajstić information content (AvgIpc) is 2.49. The van der Waals surface area contributed by atoms with Gasteiger partial charge in [0.25, 0.3) is 0 Å². The summed E-state index contributed by atoms with van der Waals surface area (Å²) in [7, 11) is 0. The van der Waals surface area contributed by atoms with Gasteiger partial charge in [-0.25, -0.2) is 4.79 Å². The van der Waals surface area contributed by atoms with Crippen LogP contribution in [0.5, 0.6) is 0 Å². The van der Waals surface area contributed by atoms with Crippen molar-refractivity contribution in [2.45, 2.75) is 19.3 Å². The number of pyridine rings is 1. The van der Waals surface area contributed by atoms with Gasteiger partial charge in [-0.3, -0.25) is 10.3 Å². The topological polar surface area (TPSA) is 62.2 Å². The second-order valence-electron chi connectivity index (χ2n) is 3.11. The molecule has 0 saturated heterocycles. The van der Waals surface area contributed by atoms with Crippen molar-refractivity contribution in [2.24, 2.45) is 0 Å². The van der Waals surface area contributed by atoms with Crippen LogP contribution in [0.4, 0.5) is 10.5 Å². The lowest BCUT2D eigenvalue weighted by Gasteiger charge is -2.02. The number of hydrogen-bond donors (Lipinski definition) is 2. The Morgan fingerprint density at radius 1 is 1.54 bits per heavy atom. The summed E-state index contributed by atoms with van der Waals surface area (Å²) >= 11 is 0. The Hall–Kier alpha value is -1.58. The summed E-state index contributed by atoms with van der Waals surface area (Å²) in [5, 5.41) is 10.8. The maximum Gasteiger partial charge on any atom is 0.409 e. The molecular formula is C9H10N2O2. The average molecular weight is 178 g/mol. The number of nitrogens with zero attached hydrogens (tertiary/aromatic N) is 1. The van der Waals surface area contributed by atoms with Gasteiger partial charge in [-0.05, 0) is 30.9 Å². The van der Waals surface area contributed by atoms with Crippen molar-refractivity contribution in [3.63, 3.8) is 0 Å². The molecule has 0 aliphatic heterocycles. The molecule has 0 spiro atoms. The lowest BCUT2D eigenvalue weighted by atomic mass is 10.2. The van der Waals surface area contributed by atoms with Gasteiger partial charge in [0.2, 0.25) is 0 Å². The first-order valence-corrected chi connectivity index (χ1v) is 4.23. The zero-order valence-corrected chi connectivity index (χ0v) is 7.08. The van der Waals surface area contributed by atoms with E-state index in [-0.39, 0.29) is 0 Å². The molecule has 4 heteroatoms. The van der Waals surface area contributed by atoms with Crippen LogP contribution in [-0.2, 0) is 12.8 Å². The number of anilines is 1. The summed E-state index contributed by atoms with van der Waals surface area (Å²) in [5.74, 6) is 0. The molecule has 68 valence electrons. The molecule has 1 heterocycles. The molecule has 0 fully saturated rings. The van der Waals surface area contributed by atoms with Gasteiger partial charge in [-0.2, -0.15) is 0 Å². The molecule has 0 aromatic carbocycles. The van der Waals surface area contributed by atoms with Gasteiger partial charge in [0.05, 0.1) is 11.9 Å². The minimum absolute atomic E-state index is 0.563. The molecule has 13 heavy (non-hydrogen) atoms. The van der Waals surface area contributed by atoms with Gasteiger partial charge >= 0.3 is 6.09 Å². The number of aromatic nitrogens is 1. The number of carboxylic acid groups (broad SMARTS) is 1. The van der Waals surface area contributed by atoms with Crippen molar-refractivity contribution >= 4 is 11.8 Å². The molecule has 1 aliphatic rings. The largest absolute Gasteiger partial charge is 0.465 e. The zero-order valence-electron chi connectivity index (χ0n) is 7.08. The first-order chi connectivity index (χ1) is 6.25. The molecule has 0 radical (unpaired) electrons. The minimum atomic E-state index is -1.04. The normalized spacial score (nSPS) is 13.8. The zero-order chi connectivity index (χ0) is 9.26. The third kappa shape index (κ3) is 1.61. The molecule has 0 atom stereocenters. The highest BCUT2D eigenvalue weighted by molar-refractivity contribution is 5.82. The Balaban J connectivity index is 2.25. The third-order valence-corrected chi connectivity index (χ3v) is 2.17. The van der Waals surface area contributed by atoms with Crippen LogP contribution in [0.25, 0.3) is 0 Å². The van der Waals surface area contributed by atoms with Gasteiger partial charge in [-0.15, -0.1) is 0 Å². The van der Waals surface area contributed by atoms with Crippen LogP contribution in [0, 0.1) is 0 Å². The van der Waals surface area contributed by atoms with E-state index >= 15 is 0 Å². The second kappa shape index (κ2) is 3.05. The predicted octanol–water partition coefficient (Wildman–Crippen LogP) is 1.66. The van der Waals surface area contributed by atoms with Crippen LogP contribution >= 0.6 is 0 Å². The lowest BCUT2D eigenvalue weighted by Crippen LogP contribution is -2.07. The van der Waals surface area contributed by atoms with Crippen LogP contribution in [0.3, 0.4) is 0 Å².